The summed E-state index contributed by atoms with van der Waals surface area (Å²) in [6.45, 7) is 2.38. The predicted octanol–water partition coefficient (Wildman–Crippen LogP) is 5.80. The molecule has 0 saturated heterocycles. The Kier molecular flexibility index (Phi) is 6.36. The monoisotopic (exact) mass is 516 g/mol. The lowest BCUT2D eigenvalue weighted by Crippen LogP contribution is -2.51. The van der Waals surface area contributed by atoms with Gasteiger partial charge in [-0.3, -0.25) is 4.90 Å². The van der Waals surface area contributed by atoms with Gasteiger partial charge in [-0.25, -0.2) is 14.8 Å². The number of alkyl halides is 3. The van der Waals surface area contributed by atoms with Gasteiger partial charge in [0, 0.05) is 48.7 Å². The number of allylic oxidation sites excluding steroid dienone is 1. The predicted molar refractivity (Wildman–Crippen MR) is 135 cm³/mol. The first-order valence-corrected chi connectivity index (χ1v) is 11.9. The van der Waals surface area contributed by atoms with E-state index in [1.165, 1.54) is 28.3 Å². The van der Waals surface area contributed by atoms with Crippen LogP contribution in [0.15, 0.2) is 84.1 Å². The molecule has 0 radical (unpaired) electrons. The summed E-state index contributed by atoms with van der Waals surface area (Å²) in [6.07, 6.45) is 0.785. The van der Waals surface area contributed by atoms with Gasteiger partial charge in [-0.05, 0) is 48.9 Å². The molecule has 1 unspecified atom stereocenters. The number of anilines is 1. The third-order valence-corrected chi connectivity index (χ3v) is 6.76. The van der Waals surface area contributed by atoms with Crippen molar-refractivity contribution in [1.82, 2.24) is 20.2 Å². The number of amides is 2. The minimum atomic E-state index is -4.54. The second kappa shape index (κ2) is 9.67. The van der Waals surface area contributed by atoms with Crippen LogP contribution in [0.5, 0.6) is 0 Å². The van der Waals surface area contributed by atoms with Crippen molar-refractivity contribution in [3.8, 4) is 17.3 Å². The molecule has 38 heavy (non-hydrogen) atoms. The lowest BCUT2D eigenvalue weighted by molar-refractivity contribution is -0.137. The number of nitrogens with one attached hydrogen (secondary N) is 1. The Morgan fingerprint density at radius 1 is 1.18 bits per heavy atom. The van der Waals surface area contributed by atoms with Gasteiger partial charge in [0.2, 0.25) is 0 Å². The molecule has 0 spiro atoms. The highest BCUT2D eigenvalue weighted by Crippen LogP contribution is 2.46. The van der Waals surface area contributed by atoms with Crippen molar-refractivity contribution in [3.63, 3.8) is 0 Å². The topological polar surface area (TPSA) is 85.1 Å². The normalized spacial score (nSPS) is 18.8. The average molecular weight is 517 g/mol. The van der Waals surface area contributed by atoms with Crippen LogP contribution in [-0.4, -0.2) is 34.5 Å². The van der Waals surface area contributed by atoms with Crippen LogP contribution in [0.25, 0.3) is 11.3 Å². The number of nitriles is 1. The first kappa shape index (κ1) is 25.0. The number of hydrogen-bond acceptors (Lipinski definition) is 5. The van der Waals surface area contributed by atoms with E-state index in [9.17, 15) is 23.2 Å². The molecule has 2 aliphatic rings. The summed E-state index contributed by atoms with van der Waals surface area (Å²) in [5.41, 5.74) is 3.92. The summed E-state index contributed by atoms with van der Waals surface area (Å²) >= 11 is 0. The fourth-order valence-electron chi connectivity index (χ4n) is 5.06. The molecule has 2 aromatic carbocycles. The quantitative estimate of drug-likeness (QED) is 0.476. The molecule has 0 saturated carbocycles. The summed E-state index contributed by atoms with van der Waals surface area (Å²) in [4.78, 5) is 25.2. The number of carbonyl (C=O) groups excluding carboxylic acids is 1. The molecule has 7 nitrogen and oxygen atoms in total. The Bertz CT molecular complexity index is 1510. The molecular weight excluding hydrogens is 493 g/mol. The molecule has 2 aliphatic heterocycles. The minimum absolute atomic E-state index is 0.149. The summed E-state index contributed by atoms with van der Waals surface area (Å²) in [5, 5.41) is 12.9. The largest absolute Gasteiger partial charge is 0.416 e. The molecule has 0 bridgehead atoms. The van der Waals surface area contributed by atoms with Crippen LogP contribution in [0.3, 0.4) is 0 Å². The highest BCUT2D eigenvalue weighted by atomic mass is 19.4. The maximum absolute atomic E-state index is 13.9. The Labute approximate surface area is 217 Å². The van der Waals surface area contributed by atoms with Crippen molar-refractivity contribution in [2.24, 2.45) is 0 Å². The van der Waals surface area contributed by atoms with Crippen LogP contribution in [0.4, 0.5) is 23.7 Å². The van der Waals surface area contributed by atoms with Gasteiger partial charge < -0.3 is 10.2 Å². The van der Waals surface area contributed by atoms with Crippen LogP contribution in [0.1, 0.15) is 36.1 Å². The lowest BCUT2D eigenvalue weighted by Gasteiger charge is -2.45. The molecule has 0 aliphatic carbocycles. The van der Waals surface area contributed by atoms with E-state index in [2.05, 4.69) is 21.4 Å². The summed E-state index contributed by atoms with van der Waals surface area (Å²) in [5.74, 6) is 0. The Balaban J connectivity index is 1.75. The van der Waals surface area contributed by atoms with Gasteiger partial charge >= 0.3 is 12.2 Å². The molecule has 3 heterocycles. The van der Waals surface area contributed by atoms with Gasteiger partial charge in [-0.15, -0.1) is 0 Å². The van der Waals surface area contributed by atoms with Crippen LogP contribution >= 0.6 is 0 Å². The SMILES string of the molecule is CC=C1NCCC2=C1C(c1ccc(C#N)cc1-c1ccncn1)N(C)C(=O)N2c1cccc(C(F)(F)F)c1. The Morgan fingerprint density at radius 3 is 2.68 bits per heavy atom. The Morgan fingerprint density at radius 2 is 2.00 bits per heavy atom. The van der Waals surface area contributed by atoms with E-state index >= 15 is 0 Å². The number of benzene rings is 2. The van der Waals surface area contributed by atoms with Crippen molar-refractivity contribution < 1.29 is 18.0 Å². The van der Waals surface area contributed by atoms with Gasteiger partial charge in [-0.1, -0.05) is 18.2 Å². The van der Waals surface area contributed by atoms with Crippen molar-refractivity contribution in [2.75, 3.05) is 18.5 Å². The van der Waals surface area contributed by atoms with Crippen molar-refractivity contribution in [3.05, 3.63) is 101 Å². The number of urea groups is 1. The van der Waals surface area contributed by atoms with Crippen LogP contribution in [0, 0.1) is 11.3 Å². The molecule has 192 valence electrons. The summed E-state index contributed by atoms with van der Waals surface area (Å²) in [7, 11) is 1.63. The van der Waals surface area contributed by atoms with Crippen LogP contribution in [-0.2, 0) is 6.18 Å². The summed E-state index contributed by atoms with van der Waals surface area (Å²) < 4.78 is 40.6. The second-order valence-electron chi connectivity index (χ2n) is 8.93. The molecule has 3 aromatic rings. The van der Waals surface area contributed by atoms with E-state index < -0.39 is 23.8 Å². The average Bonchev–Trinajstić information content (AvgIpc) is 2.93. The molecule has 1 aromatic heterocycles. The Hall–Kier alpha value is -4.65. The molecule has 5 rings (SSSR count). The number of nitrogens with zero attached hydrogens (tertiary/aromatic N) is 5. The zero-order valence-corrected chi connectivity index (χ0v) is 20.6. The standard InChI is InChI=1S/C28H23F3N6O/c1-3-22-25-24(10-12-34-22)37(19-6-4-5-18(14-19)28(29,30)31)27(38)36(2)26(25)20-8-7-17(15-32)13-21(20)23-9-11-33-16-35-23/h3-9,11,13-14,16,26,34H,10,12H2,1-2H3. The van der Waals surface area contributed by atoms with E-state index in [0.717, 1.165) is 29.0 Å². The number of hydrogen-bond donors (Lipinski definition) is 1. The molecular formula is C28H23F3N6O. The molecule has 0 fully saturated rings. The van der Waals surface area contributed by atoms with Gasteiger partial charge in [0.05, 0.1) is 34.6 Å². The van der Waals surface area contributed by atoms with Gasteiger partial charge in [0.15, 0.2) is 0 Å². The lowest BCUT2D eigenvalue weighted by atomic mass is 9.84. The number of likely N-dealkylation sites (N-methyl/N-ethyl adjacent to an activating group) is 1. The number of halogens is 3. The molecule has 1 atom stereocenters. The number of aromatic nitrogens is 2. The van der Waals surface area contributed by atoms with E-state index in [0.29, 0.717) is 35.5 Å². The van der Waals surface area contributed by atoms with E-state index in [1.54, 1.807) is 37.5 Å². The number of rotatable bonds is 3. The fraction of sp³-hybridized carbons (Fsp3) is 0.214. The second-order valence-corrected chi connectivity index (χ2v) is 8.93. The zero-order chi connectivity index (χ0) is 27.0. The van der Waals surface area contributed by atoms with Crippen LogP contribution in [0.2, 0.25) is 0 Å². The highest BCUT2D eigenvalue weighted by molar-refractivity contribution is 5.98. The van der Waals surface area contributed by atoms with Crippen molar-refractivity contribution >= 4 is 11.7 Å². The maximum atomic E-state index is 13.9. The van der Waals surface area contributed by atoms with E-state index in [-0.39, 0.29) is 5.69 Å². The smallest absolute Gasteiger partial charge is 0.385 e. The van der Waals surface area contributed by atoms with Gasteiger partial charge in [0.25, 0.3) is 0 Å². The molecule has 10 heteroatoms. The van der Waals surface area contributed by atoms with Crippen molar-refractivity contribution in [1.29, 1.82) is 5.26 Å². The first-order valence-electron chi connectivity index (χ1n) is 11.9. The third kappa shape index (κ3) is 4.26. The van der Waals surface area contributed by atoms with Gasteiger partial charge in [0.1, 0.15) is 6.33 Å². The van der Waals surface area contributed by atoms with E-state index in [4.69, 9.17) is 0 Å². The maximum Gasteiger partial charge on any atom is 0.416 e. The van der Waals surface area contributed by atoms with Gasteiger partial charge in [-0.2, -0.15) is 18.4 Å². The van der Waals surface area contributed by atoms with E-state index in [1.807, 2.05) is 13.0 Å². The first-order chi connectivity index (χ1) is 18.2. The number of carbonyl (C=O) groups is 1. The fourth-order valence-corrected chi connectivity index (χ4v) is 5.06. The highest BCUT2D eigenvalue weighted by Gasteiger charge is 2.43. The van der Waals surface area contributed by atoms with Crippen LogP contribution < -0.4 is 10.2 Å². The summed E-state index contributed by atoms with van der Waals surface area (Å²) in [6, 6.07) is 12.9. The molecule has 1 N–H and O–H groups in total. The third-order valence-electron chi connectivity index (χ3n) is 6.76. The molecule has 2 amide bonds. The zero-order valence-electron chi connectivity index (χ0n) is 20.6. The minimum Gasteiger partial charge on any atom is -0.385 e. The van der Waals surface area contributed by atoms with Crippen molar-refractivity contribution in [2.45, 2.75) is 25.6 Å².